The van der Waals surface area contributed by atoms with Crippen LogP contribution in [0.2, 0.25) is 10.0 Å². The van der Waals surface area contributed by atoms with Gasteiger partial charge in [0, 0.05) is 32.2 Å². The highest BCUT2D eigenvalue weighted by molar-refractivity contribution is 6.35. The van der Waals surface area contributed by atoms with Gasteiger partial charge >= 0.3 is 5.97 Å². The molecule has 4 aromatic carbocycles. The molecule has 0 aliphatic rings. The van der Waals surface area contributed by atoms with Crippen LogP contribution in [0, 0.1) is 0 Å². The van der Waals surface area contributed by atoms with E-state index >= 15 is 0 Å². The van der Waals surface area contributed by atoms with E-state index < -0.39 is 18.0 Å². The molecule has 0 saturated carbocycles. The van der Waals surface area contributed by atoms with Gasteiger partial charge in [0.1, 0.15) is 0 Å². The van der Waals surface area contributed by atoms with Gasteiger partial charge in [-0.25, -0.2) is 9.78 Å². The second-order valence-corrected chi connectivity index (χ2v) is 10.2. The van der Waals surface area contributed by atoms with Gasteiger partial charge in [-0.05, 0) is 42.5 Å². The smallest absolute Gasteiger partial charge is 0.340 e. The summed E-state index contributed by atoms with van der Waals surface area (Å²) in [6.45, 7) is 0. The molecular weight excluding hydrogens is 591 g/mol. The van der Waals surface area contributed by atoms with Crippen LogP contribution in [0.4, 0.5) is 5.69 Å². The first-order valence-electron chi connectivity index (χ1n) is 13.0. The fraction of sp³-hybridized carbons (Fsp3) is 0.121. The van der Waals surface area contributed by atoms with E-state index in [4.69, 9.17) is 47.1 Å². The summed E-state index contributed by atoms with van der Waals surface area (Å²) in [7, 11) is 4.55. The molecule has 43 heavy (non-hydrogen) atoms. The number of carbonyl (C=O) groups excluding carboxylic acids is 2. The third-order valence-electron chi connectivity index (χ3n) is 6.59. The Labute approximate surface area is 258 Å². The molecule has 1 heterocycles. The number of halogens is 2. The molecule has 10 heteroatoms. The van der Waals surface area contributed by atoms with Crippen molar-refractivity contribution < 1.29 is 28.5 Å². The predicted octanol–water partition coefficient (Wildman–Crippen LogP) is 7.77. The quantitative estimate of drug-likeness (QED) is 0.169. The van der Waals surface area contributed by atoms with Crippen molar-refractivity contribution in [2.75, 3.05) is 26.6 Å². The number of ether oxygens (including phenoxy) is 4. The van der Waals surface area contributed by atoms with Crippen molar-refractivity contribution >= 4 is 51.7 Å². The highest BCUT2D eigenvalue weighted by atomic mass is 35.5. The van der Waals surface area contributed by atoms with Crippen LogP contribution >= 0.6 is 23.2 Å². The number of fused-ring (bicyclic) bond motifs is 1. The summed E-state index contributed by atoms with van der Waals surface area (Å²) in [6.07, 6.45) is -1.29. The number of methoxy groups -OCH3 is 3. The number of nitrogens with one attached hydrogen (secondary N) is 1. The summed E-state index contributed by atoms with van der Waals surface area (Å²) in [5.41, 5.74) is 2.68. The zero-order valence-corrected chi connectivity index (χ0v) is 24.9. The standard InChI is InChI=1S/C33H26Cl2N2O6/c1-40-28-13-20(14-29(41-2)31(28)42-3)27-18-25(24-11-7-8-12-26(24)37-27)33(39)43-30(19-9-5-4-6-10-19)32(38)36-23-16-21(34)15-22(35)17-23/h4-18,30H,1-3H3,(H,36,38). The number of hydrogen-bond acceptors (Lipinski definition) is 7. The summed E-state index contributed by atoms with van der Waals surface area (Å²) in [5.74, 6) is -0.0240. The van der Waals surface area contributed by atoms with Crippen LogP contribution in [0.5, 0.6) is 17.2 Å². The third-order valence-corrected chi connectivity index (χ3v) is 7.03. The van der Waals surface area contributed by atoms with Crippen molar-refractivity contribution in [1.29, 1.82) is 0 Å². The highest BCUT2D eigenvalue weighted by Gasteiger charge is 2.28. The van der Waals surface area contributed by atoms with Crippen molar-refractivity contribution in [2.24, 2.45) is 0 Å². The summed E-state index contributed by atoms with van der Waals surface area (Å²) in [5, 5.41) is 4.00. The maximum Gasteiger partial charge on any atom is 0.340 e. The third kappa shape index (κ3) is 6.51. The number of rotatable bonds is 9. The number of hydrogen-bond donors (Lipinski definition) is 1. The minimum Gasteiger partial charge on any atom is -0.493 e. The number of aromatic nitrogens is 1. The molecule has 0 fully saturated rings. The first-order valence-corrected chi connectivity index (χ1v) is 13.8. The zero-order valence-electron chi connectivity index (χ0n) is 23.4. The Kier molecular flexibility index (Phi) is 8.99. The Bertz CT molecular complexity index is 1770. The van der Waals surface area contributed by atoms with E-state index in [1.165, 1.54) is 21.3 Å². The van der Waals surface area contributed by atoms with Gasteiger partial charge in [-0.15, -0.1) is 0 Å². The number of benzene rings is 4. The Morgan fingerprint density at radius 2 is 1.40 bits per heavy atom. The molecule has 0 aliphatic heterocycles. The molecule has 8 nitrogen and oxygen atoms in total. The van der Waals surface area contributed by atoms with Gasteiger partial charge in [0.25, 0.3) is 5.91 Å². The number of esters is 1. The summed E-state index contributed by atoms with van der Waals surface area (Å²) >= 11 is 12.2. The number of anilines is 1. The summed E-state index contributed by atoms with van der Waals surface area (Å²) < 4.78 is 22.4. The molecule has 5 rings (SSSR count). The van der Waals surface area contributed by atoms with E-state index in [0.717, 1.165) is 0 Å². The SMILES string of the molecule is COc1cc(-c2cc(C(=O)OC(C(=O)Nc3cc(Cl)cc(Cl)c3)c3ccccc3)c3ccccc3n2)cc(OC)c1OC. The van der Waals surface area contributed by atoms with Crippen molar-refractivity contribution in [2.45, 2.75) is 6.10 Å². The van der Waals surface area contributed by atoms with E-state index in [1.54, 1.807) is 84.9 Å². The van der Waals surface area contributed by atoms with Crippen LogP contribution in [-0.2, 0) is 9.53 Å². The van der Waals surface area contributed by atoms with Crippen molar-refractivity contribution in [3.63, 3.8) is 0 Å². The molecule has 0 radical (unpaired) electrons. The number of amides is 1. The highest BCUT2D eigenvalue weighted by Crippen LogP contribution is 2.41. The molecule has 1 amide bonds. The van der Waals surface area contributed by atoms with Gasteiger partial charge in [-0.2, -0.15) is 0 Å². The number of pyridine rings is 1. The van der Waals surface area contributed by atoms with Gasteiger partial charge in [0.15, 0.2) is 11.5 Å². The van der Waals surface area contributed by atoms with E-state index in [-0.39, 0.29) is 5.56 Å². The molecule has 0 spiro atoms. The van der Waals surface area contributed by atoms with Gasteiger partial charge in [0.05, 0.1) is 38.1 Å². The van der Waals surface area contributed by atoms with Gasteiger partial charge < -0.3 is 24.3 Å². The van der Waals surface area contributed by atoms with Crippen molar-refractivity contribution in [1.82, 2.24) is 4.98 Å². The van der Waals surface area contributed by atoms with Crippen LogP contribution < -0.4 is 19.5 Å². The lowest BCUT2D eigenvalue weighted by molar-refractivity contribution is -0.125. The fourth-order valence-electron chi connectivity index (χ4n) is 4.63. The van der Waals surface area contributed by atoms with Crippen LogP contribution in [0.3, 0.4) is 0 Å². The van der Waals surface area contributed by atoms with Crippen molar-refractivity contribution in [3.05, 3.63) is 112 Å². The van der Waals surface area contributed by atoms with E-state index in [9.17, 15) is 9.59 Å². The second kappa shape index (κ2) is 13.0. The lowest BCUT2D eigenvalue weighted by atomic mass is 10.0. The average molecular weight is 617 g/mol. The second-order valence-electron chi connectivity index (χ2n) is 9.33. The maximum atomic E-state index is 13.9. The predicted molar refractivity (Wildman–Crippen MR) is 167 cm³/mol. The number of nitrogens with zero attached hydrogens (tertiary/aromatic N) is 1. The molecule has 0 saturated heterocycles. The number of para-hydroxylation sites is 1. The lowest BCUT2D eigenvalue weighted by Gasteiger charge is -2.19. The van der Waals surface area contributed by atoms with Crippen LogP contribution in [0.25, 0.3) is 22.2 Å². The van der Waals surface area contributed by atoms with E-state index in [2.05, 4.69) is 5.32 Å². The van der Waals surface area contributed by atoms with Crippen LogP contribution in [-0.4, -0.2) is 38.2 Å². The minimum absolute atomic E-state index is 0.217. The molecule has 1 aromatic heterocycles. The topological polar surface area (TPSA) is 96.0 Å². The van der Waals surface area contributed by atoms with Gasteiger partial charge in [0.2, 0.25) is 11.9 Å². The van der Waals surface area contributed by atoms with E-state index in [1.807, 2.05) is 6.07 Å². The monoisotopic (exact) mass is 616 g/mol. The molecule has 5 aromatic rings. The first kappa shape index (κ1) is 29.7. The van der Waals surface area contributed by atoms with Crippen molar-refractivity contribution in [3.8, 4) is 28.5 Å². The zero-order chi connectivity index (χ0) is 30.5. The fourth-order valence-corrected chi connectivity index (χ4v) is 5.15. The summed E-state index contributed by atoms with van der Waals surface area (Å²) in [4.78, 5) is 32.2. The molecule has 0 aliphatic carbocycles. The molecular formula is C33H26Cl2N2O6. The Hall–Kier alpha value is -4.79. The molecule has 218 valence electrons. The molecule has 1 atom stereocenters. The molecule has 0 bridgehead atoms. The normalized spacial score (nSPS) is 11.5. The van der Waals surface area contributed by atoms with Crippen LogP contribution in [0.15, 0.2) is 91.0 Å². The summed E-state index contributed by atoms with van der Waals surface area (Å²) in [6, 6.07) is 25.6. The Morgan fingerprint density at radius 3 is 2.02 bits per heavy atom. The minimum atomic E-state index is -1.29. The average Bonchev–Trinajstić information content (AvgIpc) is 3.02. The first-order chi connectivity index (χ1) is 20.8. The molecule has 1 unspecified atom stereocenters. The number of carbonyl (C=O) groups is 2. The van der Waals surface area contributed by atoms with Gasteiger partial charge in [-0.3, -0.25) is 4.79 Å². The Morgan fingerprint density at radius 1 is 0.767 bits per heavy atom. The Balaban J connectivity index is 1.56. The largest absolute Gasteiger partial charge is 0.493 e. The lowest BCUT2D eigenvalue weighted by Crippen LogP contribution is -2.26. The van der Waals surface area contributed by atoms with Crippen LogP contribution in [0.1, 0.15) is 22.0 Å². The molecule has 1 N–H and O–H groups in total. The maximum absolute atomic E-state index is 13.9. The van der Waals surface area contributed by atoms with Gasteiger partial charge in [-0.1, -0.05) is 71.7 Å². The van der Waals surface area contributed by atoms with E-state index in [0.29, 0.717) is 60.7 Å².